The number of amides is 1. The Bertz CT molecular complexity index is 1320. The molecule has 0 spiro atoms. The topological polar surface area (TPSA) is 75.6 Å². The average molecular weight is 417 g/mol. The molecule has 31 heavy (non-hydrogen) atoms. The normalized spacial score (nSPS) is 11.3. The Morgan fingerprint density at radius 3 is 2.68 bits per heavy atom. The fraction of sp³-hybridized carbons (Fsp3) is 0.208. The molecule has 1 amide bonds. The third-order valence-corrected chi connectivity index (χ3v) is 5.40. The van der Waals surface area contributed by atoms with Crippen LogP contribution < -0.4 is 5.32 Å². The van der Waals surface area contributed by atoms with Crippen molar-refractivity contribution in [3.05, 3.63) is 72.0 Å². The minimum absolute atomic E-state index is 0.130. The van der Waals surface area contributed by atoms with E-state index in [9.17, 15) is 4.79 Å². The van der Waals surface area contributed by atoms with Crippen molar-refractivity contribution in [3.8, 4) is 16.8 Å². The Morgan fingerprint density at radius 1 is 1.23 bits per heavy atom. The molecule has 6 nitrogen and oxygen atoms in total. The van der Waals surface area contributed by atoms with Crippen LogP contribution in [0.4, 0.5) is 10.1 Å². The van der Waals surface area contributed by atoms with Gasteiger partial charge in [0.25, 0.3) is 0 Å². The number of hydrogen-bond donors (Lipinski definition) is 2. The third kappa shape index (κ3) is 3.52. The van der Waals surface area contributed by atoms with Gasteiger partial charge >= 0.3 is 0 Å². The van der Waals surface area contributed by atoms with Gasteiger partial charge in [-0.05, 0) is 61.2 Å². The van der Waals surface area contributed by atoms with Crippen LogP contribution in [-0.2, 0) is 4.79 Å². The highest BCUT2D eigenvalue weighted by atomic mass is 19.1. The summed E-state index contributed by atoms with van der Waals surface area (Å²) >= 11 is 0. The van der Waals surface area contributed by atoms with Crippen LogP contribution in [0.5, 0.6) is 0 Å². The van der Waals surface area contributed by atoms with Crippen LogP contribution in [0.25, 0.3) is 27.7 Å². The van der Waals surface area contributed by atoms with Crippen LogP contribution in [0.2, 0.25) is 0 Å². The largest absolute Gasteiger partial charge is 0.322 e. The molecule has 0 atom stereocenters. The van der Waals surface area contributed by atoms with Gasteiger partial charge in [0.05, 0.1) is 17.4 Å². The quantitative estimate of drug-likeness (QED) is 0.426. The first-order valence-corrected chi connectivity index (χ1v) is 10.1. The predicted molar refractivity (Wildman–Crippen MR) is 121 cm³/mol. The molecule has 0 saturated carbocycles. The molecular formula is C24H24FN5O. The minimum atomic E-state index is -0.479. The zero-order valence-electron chi connectivity index (χ0n) is 18.0. The summed E-state index contributed by atoms with van der Waals surface area (Å²) in [6.07, 6.45) is 2.96. The summed E-state index contributed by atoms with van der Waals surface area (Å²) in [7, 11) is 0. The van der Waals surface area contributed by atoms with Gasteiger partial charge < -0.3 is 5.32 Å². The van der Waals surface area contributed by atoms with Gasteiger partial charge in [0, 0.05) is 22.3 Å². The Morgan fingerprint density at radius 2 is 2.00 bits per heavy atom. The Kier molecular flexibility index (Phi) is 5.19. The van der Waals surface area contributed by atoms with Crippen LogP contribution in [0, 0.1) is 19.7 Å². The van der Waals surface area contributed by atoms with Crippen molar-refractivity contribution in [3.63, 3.8) is 0 Å². The maximum Gasteiger partial charge on any atom is 0.247 e. The second-order valence-electron chi connectivity index (χ2n) is 7.86. The van der Waals surface area contributed by atoms with E-state index < -0.39 is 11.7 Å². The van der Waals surface area contributed by atoms with Crippen LogP contribution >= 0.6 is 0 Å². The number of aromatic amines is 1. The molecule has 0 unspecified atom stereocenters. The minimum Gasteiger partial charge on any atom is -0.322 e. The molecule has 158 valence electrons. The molecule has 0 aliphatic rings. The van der Waals surface area contributed by atoms with Gasteiger partial charge in [-0.3, -0.25) is 9.89 Å². The van der Waals surface area contributed by atoms with Gasteiger partial charge in [-0.2, -0.15) is 10.2 Å². The fourth-order valence-corrected chi connectivity index (χ4v) is 3.88. The lowest BCUT2D eigenvalue weighted by molar-refractivity contribution is -0.111. The number of nitrogens with one attached hydrogen (secondary N) is 2. The number of aromatic nitrogens is 4. The van der Waals surface area contributed by atoms with E-state index in [-0.39, 0.29) is 5.92 Å². The monoisotopic (exact) mass is 417 g/mol. The van der Waals surface area contributed by atoms with Crippen molar-refractivity contribution < 1.29 is 9.18 Å². The van der Waals surface area contributed by atoms with Gasteiger partial charge in [0.1, 0.15) is 5.69 Å². The lowest BCUT2D eigenvalue weighted by Gasteiger charge is -2.12. The van der Waals surface area contributed by atoms with E-state index in [2.05, 4.69) is 42.9 Å². The van der Waals surface area contributed by atoms with E-state index in [4.69, 9.17) is 5.10 Å². The Labute approximate surface area is 179 Å². The van der Waals surface area contributed by atoms with E-state index in [1.165, 1.54) is 6.07 Å². The molecule has 7 heteroatoms. The van der Waals surface area contributed by atoms with Crippen molar-refractivity contribution in [1.82, 2.24) is 20.0 Å². The third-order valence-electron chi connectivity index (χ3n) is 5.40. The van der Waals surface area contributed by atoms with E-state index in [1.54, 1.807) is 16.8 Å². The zero-order valence-corrected chi connectivity index (χ0v) is 18.0. The summed E-state index contributed by atoms with van der Waals surface area (Å²) in [5.41, 5.74) is 6.48. The number of halogens is 1. The summed E-state index contributed by atoms with van der Waals surface area (Å²) in [6.45, 7) is 11.6. The number of carbonyl (C=O) groups excluding carboxylic acids is 1. The highest BCUT2D eigenvalue weighted by Crippen LogP contribution is 2.39. The van der Waals surface area contributed by atoms with Crippen molar-refractivity contribution in [2.24, 2.45) is 0 Å². The molecule has 4 aromatic rings. The molecule has 0 saturated heterocycles. The van der Waals surface area contributed by atoms with Crippen molar-refractivity contribution >= 4 is 22.5 Å². The lowest BCUT2D eigenvalue weighted by atomic mass is 9.92. The number of carbonyl (C=O) groups is 1. The van der Waals surface area contributed by atoms with Crippen LogP contribution in [0.15, 0.2) is 49.2 Å². The average Bonchev–Trinajstić information content (AvgIpc) is 3.33. The summed E-state index contributed by atoms with van der Waals surface area (Å²) in [5.74, 6) is -0.742. The molecule has 0 radical (unpaired) electrons. The number of anilines is 1. The predicted octanol–water partition coefficient (Wildman–Crippen LogP) is 5.42. The number of H-pyrrole nitrogens is 1. The SMILES string of the molecule is C=CC(=O)Nc1ccc(-n2nc(C(C)C)c(-c3c(C)ccc4[nH]ncc34)c2C)c(F)c1. The molecule has 0 aliphatic heterocycles. The maximum atomic E-state index is 15.0. The van der Waals surface area contributed by atoms with E-state index in [1.807, 2.05) is 25.3 Å². The number of fused-ring (bicyclic) bond motifs is 1. The van der Waals surface area contributed by atoms with Gasteiger partial charge in [-0.1, -0.05) is 26.5 Å². The number of nitrogens with zero attached hydrogens (tertiary/aromatic N) is 3. The van der Waals surface area contributed by atoms with Crippen LogP contribution in [0.1, 0.15) is 36.7 Å². The maximum absolute atomic E-state index is 15.0. The lowest BCUT2D eigenvalue weighted by Crippen LogP contribution is -2.09. The van der Waals surface area contributed by atoms with Gasteiger partial charge in [0.15, 0.2) is 5.82 Å². The number of rotatable bonds is 5. The second kappa shape index (κ2) is 7.83. The molecule has 2 aromatic heterocycles. The Hall–Kier alpha value is -3.74. The van der Waals surface area contributed by atoms with Crippen LogP contribution in [-0.4, -0.2) is 25.9 Å². The molecule has 0 aliphatic carbocycles. The number of hydrogen-bond acceptors (Lipinski definition) is 3. The highest BCUT2D eigenvalue weighted by molar-refractivity contribution is 5.99. The van der Waals surface area contributed by atoms with Crippen LogP contribution in [0.3, 0.4) is 0 Å². The Balaban J connectivity index is 1.91. The van der Waals surface area contributed by atoms with Crippen molar-refractivity contribution in [2.45, 2.75) is 33.6 Å². The molecular weight excluding hydrogens is 393 g/mol. The standard InChI is InChI=1S/C24H24FN5O/c1-6-21(31)27-16-8-10-20(18(25)11-16)30-15(5)23(24(29-30)13(2)3)22-14(4)7-9-19-17(22)12-26-28-19/h6-13H,1H2,2-5H3,(H,26,28)(H,27,31). The summed E-state index contributed by atoms with van der Waals surface area (Å²) in [6, 6.07) is 8.61. The highest BCUT2D eigenvalue weighted by Gasteiger charge is 2.24. The summed E-state index contributed by atoms with van der Waals surface area (Å²) < 4.78 is 16.7. The van der Waals surface area contributed by atoms with Gasteiger partial charge in [0.2, 0.25) is 5.91 Å². The molecule has 2 heterocycles. The van der Waals surface area contributed by atoms with Gasteiger partial charge in [-0.25, -0.2) is 9.07 Å². The first-order chi connectivity index (χ1) is 14.8. The van der Waals surface area contributed by atoms with Crippen molar-refractivity contribution in [1.29, 1.82) is 0 Å². The molecule has 2 N–H and O–H groups in total. The van der Waals surface area contributed by atoms with E-state index >= 15 is 4.39 Å². The zero-order chi connectivity index (χ0) is 22.3. The molecule has 4 rings (SSSR count). The fourth-order valence-electron chi connectivity index (χ4n) is 3.88. The number of benzene rings is 2. The molecule has 0 bridgehead atoms. The summed E-state index contributed by atoms with van der Waals surface area (Å²) in [4.78, 5) is 11.5. The molecule has 0 fully saturated rings. The van der Waals surface area contributed by atoms with Gasteiger partial charge in [-0.15, -0.1) is 0 Å². The number of aryl methyl sites for hydroxylation is 1. The van der Waals surface area contributed by atoms with Crippen molar-refractivity contribution in [2.75, 3.05) is 5.32 Å². The van der Waals surface area contributed by atoms with E-state index in [0.717, 1.165) is 45.1 Å². The van der Waals surface area contributed by atoms with E-state index in [0.29, 0.717) is 11.4 Å². The summed E-state index contributed by atoms with van der Waals surface area (Å²) in [5, 5.41) is 15.6. The molecule has 2 aromatic carbocycles. The smallest absolute Gasteiger partial charge is 0.247 e. The first kappa shape index (κ1) is 20.5. The first-order valence-electron chi connectivity index (χ1n) is 10.1. The second-order valence-corrected chi connectivity index (χ2v) is 7.86.